The van der Waals surface area contributed by atoms with Crippen molar-refractivity contribution in [2.45, 2.75) is 150 Å². The molecule has 0 aromatic heterocycles. The zero-order chi connectivity index (χ0) is 48.4. The molecule has 2 rings (SSSR count). The first kappa shape index (κ1) is 55.8. The van der Waals surface area contributed by atoms with Crippen LogP contribution in [0.1, 0.15) is 107 Å². The molecule has 0 bridgehead atoms. The van der Waals surface area contributed by atoms with Gasteiger partial charge in [-0.15, -0.1) is 0 Å². The fourth-order valence-electron chi connectivity index (χ4n) is 8.73. The molecule has 16 heteroatoms. The summed E-state index contributed by atoms with van der Waals surface area (Å²) in [5, 5.41) is 8.82. The lowest BCUT2D eigenvalue weighted by molar-refractivity contribution is -0.148. The summed E-state index contributed by atoms with van der Waals surface area (Å²) in [6.45, 7) is 19.7. The minimum absolute atomic E-state index is 0.00329. The first-order valence-electron chi connectivity index (χ1n) is 22.9. The molecule has 1 aromatic rings. The Labute approximate surface area is 383 Å². The molecule has 1 unspecified atom stereocenters. The van der Waals surface area contributed by atoms with E-state index in [1.54, 1.807) is 68.3 Å². The van der Waals surface area contributed by atoms with Gasteiger partial charge in [0, 0.05) is 52.5 Å². The summed E-state index contributed by atoms with van der Waals surface area (Å²) >= 11 is 0. The van der Waals surface area contributed by atoms with Crippen LogP contribution in [0, 0.1) is 29.6 Å². The number of carbonyl (C=O) groups is 6. The molecule has 16 nitrogen and oxygen atoms in total. The number of likely N-dealkylation sites (tertiary alicyclic amines) is 1. The van der Waals surface area contributed by atoms with Crippen LogP contribution in [0.3, 0.4) is 0 Å². The lowest BCUT2D eigenvalue weighted by Crippen LogP contribution is -2.59. The van der Waals surface area contributed by atoms with Crippen molar-refractivity contribution in [2.75, 3.05) is 47.2 Å². The Morgan fingerprint density at radius 2 is 1.52 bits per heavy atom. The molecule has 0 aliphatic carbocycles. The Morgan fingerprint density at radius 3 is 2.03 bits per heavy atom. The van der Waals surface area contributed by atoms with Crippen molar-refractivity contribution in [1.29, 1.82) is 0 Å². The molecule has 4 N–H and O–H groups in total. The highest BCUT2D eigenvalue weighted by Crippen LogP contribution is 2.30. The molecule has 1 heterocycles. The molecule has 0 radical (unpaired) electrons. The number of carbonyl (C=O) groups excluding carboxylic acids is 6. The van der Waals surface area contributed by atoms with Crippen LogP contribution in [0.15, 0.2) is 36.4 Å². The highest BCUT2D eigenvalue weighted by molar-refractivity contribution is 5.90. The maximum atomic E-state index is 14.3. The maximum Gasteiger partial charge on any atom is 0.267 e. The van der Waals surface area contributed by atoms with Crippen molar-refractivity contribution in [3.05, 3.63) is 42.0 Å². The number of hydrogen-bond donors (Lipinski definition) is 4. The molecule has 1 saturated heterocycles. The van der Waals surface area contributed by atoms with E-state index in [1.807, 2.05) is 74.4 Å². The highest BCUT2D eigenvalue weighted by Gasteiger charge is 2.43. The van der Waals surface area contributed by atoms with Gasteiger partial charge in [-0.2, -0.15) is 0 Å². The molecule has 9 atom stereocenters. The van der Waals surface area contributed by atoms with Crippen LogP contribution in [0.5, 0.6) is 0 Å². The van der Waals surface area contributed by atoms with Gasteiger partial charge < -0.3 is 35.2 Å². The minimum atomic E-state index is -0.781. The van der Waals surface area contributed by atoms with Crippen LogP contribution >= 0.6 is 0 Å². The van der Waals surface area contributed by atoms with Gasteiger partial charge in [0.1, 0.15) is 6.04 Å². The third-order valence-corrected chi connectivity index (χ3v) is 12.2. The molecule has 1 aromatic carbocycles. The first-order chi connectivity index (χ1) is 30.1. The molecular weight excluding hydrogens is 819 g/mol. The third-order valence-electron chi connectivity index (χ3n) is 12.2. The summed E-state index contributed by atoms with van der Waals surface area (Å²) < 4.78 is 12.1. The van der Waals surface area contributed by atoms with Crippen molar-refractivity contribution >= 4 is 41.1 Å². The van der Waals surface area contributed by atoms with Gasteiger partial charge in [0.2, 0.25) is 29.5 Å². The van der Waals surface area contributed by atoms with E-state index < -0.39 is 48.2 Å². The number of nitrogens with one attached hydrogen (secondary N) is 4. The number of likely N-dealkylation sites (N-methyl/N-ethyl adjacent to an activating group) is 2. The third kappa shape index (κ3) is 16.9. The number of methoxy groups -OCH3 is 2. The van der Waals surface area contributed by atoms with Crippen molar-refractivity contribution in [3.8, 4) is 0 Å². The molecule has 1 aliphatic heterocycles. The average molecular weight is 900 g/mol. The summed E-state index contributed by atoms with van der Waals surface area (Å²) in [6.07, 6.45) is 4.37. The maximum absolute atomic E-state index is 14.3. The number of anilines is 1. The van der Waals surface area contributed by atoms with E-state index in [1.165, 1.54) is 13.0 Å². The van der Waals surface area contributed by atoms with Gasteiger partial charge in [-0.3, -0.25) is 38.5 Å². The Balaban J connectivity index is 2.19. The molecular formula is C48H81N7O9. The van der Waals surface area contributed by atoms with Crippen molar-refractivity contribution in [3.63, 3.8) is 0 Å². The number of hydrogen-bond acceptors (Lipinski definition) is 10. The van der Waals surface area contributed by atoms with Crippen molar-refractivity contribution < 1.29 is 43.1 Å². The van der Waals surface area contributed by atoms with E-state index in [0.29, 0.717) is 25.1 Å². The number of ether oxygens (including phenoxy) is 2. The predicted molar refractivity (Wildman–Crippen MR) is 249 cm³/mol. The fourth-order valence-corrected chi connectivity index (χ4v) is 8.73. The SMILES string of the molecule is CC[C@H](C)[C@@H]([C@@H](CC(=O)N1CCC[C@H]1[C@H](OC)[C@@H](C)C(=O)N[C@H](/C=C/C(=O)NOCc1ccc(NC(C)=O)cc1)CC(C)C)OC)N(C)C(=O)[C@@H](NC(=O)C(C(C)C)N(C)C)C(C)C. The van der Waals surface area contributed by atoms with E-state index in [-0.39, 0.29) is 72.3 Å². The Kier molecular flexibility index (Phi) is 23.7. The molecule has 0 spiro atoms. The minimum Gasteiger partial charge on any atom is -0.379 e. The lowest BCUT2D eigenvalue weighted by atomic mass is 9.89. The smallest absolute Gasteiger partial charge is 0.267 e. The molecule has 6 amide bonds. The Morgan fingerprint density at radius 1 is 0.875 bits per heavy atom. The van der Waals surface area contributed by atoms with Crippen molar-refractivity contribution in [1.82, 2.24) is 30.8 Å². The summed E-state index contributed by atoms with van der Waals surface area (Å²) in [6, 6.07) is 4.53. The van der Waals surface area contributed by atoms with Crippen LogP contribution < -0.4 is 21.4 Å². The van der Waals surface area contributed by atoms with Crippen LogP contribution in [0.2, 0.25) is 0 Å². The van der Waals surface area contributed by atoms with Crippen LogP contribution in [-0.2, 0) is 49.7 Å². The molecule has 1 aliphatic rings. The highest BCUT2D eigenvalue weighted by atomic mass is 16.6. The zero-order valence-electron chi connectivity index (χ0n) is 41.4. The van der Waals surface area contributed by atoms with E-state index >= 15 is 0 Å². The van der Waals surface area contributed by atoms with Gasteiger partial charge in [0.25, 0.3) is 5.91 Å². The lowest BCUT2D eigenvalue weighted by Gasteiger charge is -2.41. The number of hydroxylamine groups is 1. The van der Waals surface area contributed by atoms with Gasteiger partial charge in [-0.05, 0) is 74.7 Å². The summed E-state index contributed by atoms with van der Waals surface area (Å²) in [5.74, 6) is -2.21. The monoisotopic (exact) mass is 900 g/mol. The van der Waals surface area contributed by atoms with Gasteiger partial charge in [-0.1, -0.05) is 86.9 Å². The Bertz CT molecular complexity index is 1680. The number of rotatable bonds is 26. The van der Waals surface area contributed by atoms with Gasteiger partial charge in [0.15, 0.2) is 0 Å². The van der Waals surface area contributed by atoms with Crippen LogP contribution in [0.25, 0.3) is 0 Å². The van der Waals surface area contributed by atoms with Crippen molar-refractivity contribution in [2.24, 2.45) is 29.6 Å². The van der Waals surface area contributed by atoms with E-state index in [2.05, 4.69) is 21.4 Å². The second-order valence-electron chi connectivity index (χ2n) is 18.7. The van der Waals surface area contributed by atoms with E-state index in [4.69, 9.17) is 14.3 Å². The molecule has 64 heavy (non-hydrogen) atoms. The summed E-state index contributed by atoms with van der Waals surface area (Å²) in [5.41, 5.74) is 3.85. The molecule has 1 fully saturated rings. The zero-order valence-corrected chi connectivity index (χ0v) is 41.4. The quantitative estimate of drug-likeness (QED) is 0.0734. The summed E-state index contributed by atoms with van der Waals surface area (Å²) in [4.78, 5) is 90.7. The molecule has 362 valence electrons. The van der Waals surface area contributed by atoms with Crippen LogP contribution in [0.4, 0.5) is 5.69 Å². The van der Waals surface area contributed by atoms with Gasteiger partial charge in [-0.25, -0.2) is 5.48 Å². The largest absolute Gasteiger partial charge is 0.379 e. The van der Waals surface area contributed by atoms with E-state index in [0.717, 1.165) is 18.4 Å². The fraction of sp³-hybridized carbons (Fsp3) is 0.708. The van der Waals surface area contributed by atoms with Gasteiger partial charge >= 0.3 is 0 Å². The van der Waals surface area contributed by atoms with Gasteiger partial charge in [0.05, 0.1) is 49.3 Å². The first-order valence-corrected chi connectivity index (χ1v) is 22.9. The number of amides is 6. The second kappa shape index (κ2) is 27.2. The summed E-state index contributed by atoms with van der Waals surface area (Å²) in [7, 11) is 8.53. The number of nitrogens with zero attached hydrogens (tertiary/aromatic N) is 3. The second-order valence-corrected chi connectivity index (χ2v) is 18.7. The van der Waals surface area contributed by atoms with E-state index in [9.17, 15) is 28.8 Å². The number of benzene rings is 1. The normalized spacial score (nSPS) is 18.0. The molecule has 0 saturated carbocycles. The predicted octanol–water partition coefficient (Wildman–Crippen LogP) is 4.93. The average Bonchev–Trinajstić information content (AvgIpc) is 3.71. The van der Waals surface area contributed by atoms with Crippen LogP contribution in [-0.4, -0.2) is 134 Å². The standard InChI is InChI=1S/C48H81N7O9/c1-16-32(8)44(54(13)48(61)42(30(4)5)51-47(60)43(31(6)7)53(11)12)39(62-14)27-41(58)55-25-17-18-38(55)45(63-15)33(9)46(59)50-37(26-29(2)3)23-24-40(57)52-64-28-35-19-21-36(22-20-35)49-34(10)56/h19-24,29-33,37-39,42-45H,16-18,25-28H2,1-15H3,(H,49,56)(H,50,59)(H,51,60)(H,52,57)/b24-23+/t32-,33+,37+,38-,39+,42-,43?,44-,45+/m0/s1. The Hall–Kier alpha value is -4.38. The topological polar surface area (TPSA) is 188 Å².